The Morgan fingerprint density at radius 1 is 1.00 bits per heavy atom. The van der Waals surface area contributed by atoms with Gasteiger partial charge in [0.05, 0.1) is 12.0 Å². The summed E-state index contributed by atoms with van der Waals surface area (Å²) < 4.78 is 33.0. The maximum atomic E-state index is 12.6. The van der Waals surface area contributed by atoms with Gasteiger partial charge in [-0.3, -0.25) is 9.59 Å². The number of benzene rings is 2. The average molecular weight is 460 g/mol. The van der Waals surface area contributed by atoms with Crippen LogP contribution in [0, 0.1) is 0 Å². The molecule has 32 heavy (non-hydrogen) atoms. The highest BCUT2D eigenvalue weighted by Gasteiger charge is 2.21. The van der Waals surface area contributed by atoms with E-state index in [2.05, 4.69) is 15.4 Å². The molecule has 1 aliphatic carbocycles. The van der Waals surface area contributed by atoms with E-state index in [0.717, 1.165) is 37.7 Å². The predicted octanol–water partition coefficient (Wildman–Crippen LogP) is 2.60. The highest BCUT2D eigenvalue weighted by atomic mass is 32.2. The Morgan fingerprint density at radius 2 is 1.72 bits per heavy atom. The number of anilines is 1. The molecular formula is C23H29N3O5S. The quantitative estimate of drug-likeness (QED) is 0.525. The van der Waals surface area contributed by atoms with Crippen LogP contribution in [0.25, 0.3) is 0 Å². The van der Waals surface area contributed by atoms with Crippen molar-refractivity contribution >= 4 is 27.5 Å². The minimum absolute atomic E-state index is 0.00626. The Bertz CT molecular complexity index is 1030. The first kappa shape index (κ1) is 23.7. The van der Waals surface area contributed by atoms with Crippen LogP contribution in [0.1, 0.15) is 37.7 Å². The summed E-state index contributed by atoms with van der Waals surface area (Å²) in [6.07, 6.45) is 5.48. The Kier molecular flexibility index (Phi) is 8.24. The molecular weight excluding hydrogens is 430 g/mol. The zero-order valence-electron chi connectivity index (χ0n) is 18.1. The van der Waals surface area contributed by atoms with E-state index in [1.165, 1.54) is 7.11 Å². The zero-order valence-corrected chi connectivity index (χ0v) is 18.9. The topological polar surface area (TPSA) is 114 Å². The van der Waals surface area contributed by atoms with Crippen molar-refractivity contribution in [3.63, 3.8) is 0 Å². The fraction of sp³-hybridized carbons (Fsp3) is 0.391. The lowest BCUT2D eigenvalue weighted by Crippen LogP contribution is -2.36. The Hall–Kier alpha value is -2.91. The first-order valence-electron chi connectivity index (χ1n) is 10.7. The largest absolute Gasteiger partial charge is 0.497 e. The van der Waals surface area contributed by atoms with Crippen LogP contribution in [-0.2, 0) is 26.0 Å². The van der Waals surface area contributed by atoms with Gasteiger partial charge in [0.25, 0.3) is 0 Å². The Balaban J connectivity index is 1.46. The minimum Gasteiger partial charge on any atom is -0.497 e. The molecule has 2 aromatic carbocycles. The fourth-order valence-electron chi connectivity index (χ4n) is 3.63. The first-order valence-corrected chi connectivity index (χ1v) is 12.2. The summed E-state index contributed by atoms with van der Waals surface area (Å²) in [4.78, 5) is 24.3. The van der Waals surface area contributed by atoms with Gasteiger partial charge in [-0.1, -0.05) is 37.5 Å². The van der Waals surface area contributed by atoms with Crippen molar-refractivity contribution in [2.75, 3.05) is 19.0 Å². The summed E-state index contributed by atoms with van der Waals surface area (Å²) in [6, 6.07) is 13.3. The molecule has 2 amide bonds. The maximum Gasteiger partial charge on any atom is 0.313 e. The normalized spacial score (nSPS) is 14.5. The second kappa shape index (κ2) is 11.1. The van der Waals surface area contributed by atoms with Crippen LogP contribution in [0.3, 0.4) is 0 Å². The molecule has 0 radical (unpaired) electrons. The van der Waals surface area contributed by atoms with E-state index in [0.29, 0.717) is 17.9 Å². The van der Waals surface area contributed by atoms with Crippen LogP contribution < -0.4 is 20.1 Å². The highest BCUT2D eigenvalue weighted by molar-refractivity contribution is 7.89. The van der Waals surface area contributed by atoms with Crippen LogP contribution in [0.2, 0.25) is 0 Å². The van der Waals surface area contributed by atoms with Crippen molar-refractivity contribution in [2.24, 2.45) is 0 Å². The number of amides is 2. The SMILES string of the molecule is COc1cccc(NC(=O)C(=O)NCCc2ccc(S(=O)(=O)NC3CCCCC3)cc2)c1. The molecule has 0 bridgehead atoms. The average Bonchev–Trinajstić information content (AvgIpc) is 2.80. The van der Waals surface area contributed by atoms with Crippen molar-refractivity contribution in [2.45, 2.75) is 49.5 Å². The number of hydrogen-bond donors (Lipinski definition) is 3. The van der Waals surface area contributed by atoms with Gasteiger partial charge >= 0.3 is 11.8 Å². The lowest BCUT2D eigenvalue weighted by Gasteiger charge is -2.22. The number of carbonyl (C=O) groups excluding carboxylic acids is 2. The molecule has 9 heteroatoms. The smallest absolute Gasteiger partial charge is 0.313 e. The van der Waals surface area contributed by atoms with Gasteiger partial charge in [-0.05, 0) is 49.1 Å². The fourth-order valence-corrected chi connectivity index (χ4v) is 4.94. The van der Waals surface area contributed by atoms with E-state index in [9.17, 15) is 18.0 Å². The third-order valence-electron chi connectivity index (χ3n) is 5.39. The van der Waals surface area contributed by atoms with Gasteiger partial charge < -0.3 is 15.4 Å². The number of ether oxygens (including phenoxy) is 1. The molecule has 3 rings (SSSR count). The monoisotopic (exact) mass is 459 g/mol. The predicted molar refractivity (Wildman–Crippen MR) is 122 cm³/mol. The number of nitrogens with one attached hydrogen (secondary N) is 3. The minimum atomic E-state index is -3.54. The van der Waals surface area contributed by atoms with E-state index in [1.54, 1.807) is 48.5 Å². The second-order valence-electron chi connectivity index (χ2n) is 7.79. The molecule has 0 aliphatic heterocycles. The van der Waals surface area contributed by atoms with Gasteiger partial charge in [0, 0.05) is 24.3 Å². The third kappa shape index (κ3) is 6.80. The number of rotatable bonds is 8. The number of methoxy groups -OCH3 is 1. The number of carbonyl (C=O) groups is 2. The summed E-state index contributed by atoms with van der Waals surface area (Å²) in [6.45, 7) is 0.247. The highest BCUT2D eigenvalue weighted by Crippen LogP contribution is 2.20. The molecule has 0 aromatic heterocycles. The molecule has 0 unspecified atom stereocenters. The summed E-state index contributed by atoms with van der Waals surface area (Å²) in [5.74, 6) is -0.945. The number of sulfonamides is 1. The Morgan fingerprint density at radius 3 is 2.41 bits per heavy atom. The summed E-state index contributed by atoms with van der Waals surface area (Å²) in [5, 5.41) is 5.08. The molecule has 172 valence electrons. The molecule has 0 heterocycles. The van der Waals surface area contributed by atoms with Gasteiger partial charge in [-0.25, -0.2) is 13.1 Å². The van der Waals surface area contributed by atoms with E-state index >= 15 is 0 Å². The first-order chi connectivity index (χ1) is 15.4. The summed E-state index contributed by atoms with van der Waals surface area (Å²) >= 11 is 0. The summed E-state index contributed by atoms with van der Waals surface area (Å²) in [5.41, 5.74) is 1.32. The van der Waals surface area contributed by atoms with Crippen LogP contribution in [0.4, 0.5) is 5.69 Å². The van der Waals surface area contributed by atoms with Gasteiger partial charge in [0.2, 0.25) is 10.0 Å². The van der Waals surface area contributed by atoms with E-state index in [4.69, 9.17) is 4.74 Å². The van der Waals surface area contributed by atoms with Crippen molar-refractivity contribution < 1.29 is 22.7 Å². The molecule has 0 atom stereocenters. The van der Waals surface area contributed by atoms with Crippen LogP contribution >= 0.6 is 0 Å². The molecule has 1 saturated carbocycles. The van der Waals surface area contributed by atoms with Crippen LogP contribution in [0.15, 0.2) is 53.4 Å². The van der Waals surface area contributed by atoms with Gasteiger partial charge in [0.15, 0.2) is 0 Å². The van der Waals surface area contributed by atoms with E-state index in [-0.39, 0.29) is 17.5 Å². The van der Waals surface area contributed by atoms with E-state index < -0.39 is 21.8 Å². The number of hydrogen-bond acceptors (Lipinski definition) is 5. The van der Waals surface area contributed by atoms with Gasteiger partial charge in [-0.15, -0.1) is 0 Å². The zero-order chi connectivity index (χ0) is 23.0. The second-order valence-corrected chi connectivity index (χ2v) is 9.51. The van der Waals surface area contributed by atoms with Crippen LogP contribution in [-0.4, -0.2) is 39.9 Å². The lowest BCUT2D eigenvalue weighted by atomic mass is 9.96. The van der Waals surface area contributed by atoms with Crippen molar-refractivity contribution in [3.8, 4) is 5.75 Å². The lowest BCUT2D eigenvalue weighted by molar-refractivity contribution is -0.136. The van der Waals surface area contributed by atoms with Crippen LogP contribution in [0.5, 0.6) is 5.75 Å². The summed E-state index contributed by atoms with van der Waals surface area (Å²) in [7, 11) is -2.02. The molecule has 1 fully saturated rings. The van der Waals surface area contributed by atoms with Crippen molar-refractivity contribution in [3.05, 3.63) is 54.1 Å². The molecule has 0 spiro atoms. The van der Waals surface area contributed by atoms with E-state index in [1.807, 2.05) is 0 Å². The van der Waals surface area contributed by atoms with Crippen molar-refractivity contribution in [1.82, 2.24) is 10.0 Å². The third-order valence-corrected chi connectivity index (χ3v) is 6.93. The maximum absolute atomic E-state index is 12.6. The molecule has 1 aliphatic rings. The van der Waals surface area contributed by atoms with Crippen molar-refractivity contribution in [1.29, 1.82) is 0 Å². The molecule has 0 saturated heterocycles. The molecule has 2 aromatic rings. The molecule has 8 nitrogen and oxygen atoms in total. The van der Waals surface area contributed by atoms with Gasteiger partial charge in [0.1, 0.15) is 5.75 Å². The Labute approximate surface area is 188 Å². The standard InChI is InChI=1S/C23H29N3O5S/c1-31-20-9-5-8-19(16-20)25-23(28)22(27)24-15-14-17-10-12-21(13-11-17)32(29,30)26-18-6-3-2-4-7-18/h5,8-13,16,18,26H,2-4,6-7,14-15H2,1H3,(H,24,27)(H,25,28). The van der Waals surface area contributed by atoms with Gasteiger partial charge in [-0.2, -0.15) is 0 Å². The molecule has 3 N–H and O–H groups in total.